The number of hydrogen-bond acceptors (Lipinski definition) is 5. The molecule has 0 radical (unpaired) electrons. The molecular formula is C17H17N5S. The maximum Gasteiger partial charge on any atom is 0.191 e. The van der Waals surface area contributed by atoms with Gasteiger partial charge in [-0.15, -0.1) is 10.2 Å². The Hall–Kier alpha value is -2.47. The fourth-order valence-electron chi connectivity index (χ4n) is 2.16. The molecule has 0 fully saturated rings. The van der Waals surface area contributed by atoms with Gasteiger partial charge in [-0.05, 0) is 12.5 Å². The topological polar surface area (TPSA) is 56.5 Å². The molecule has 1 aromatic carbocycles. The van der Waals surface area contributed by atoms with E-state index >= 15 is 0 Å². The molecule has 0 N–H and O–H groups in total. The highest BCUT2D eigenvalue weighted by molar-refractivity contribution is 7.99. The van der Waals surface area contributed by atoms with Crippen molar-refractivity contribution < 1.29 is 0 Å². The van der Waals surface area contributed by atoms with E-state index in [9.17, 15) is 0 Å². The van der Waals surface area contributed by atoms with E-state index in [1.807, 2.05) is 18.2 Å². The summed E-state index contributed by atoms with van der Waals surface area (Å²) in [6.45, 7) is 2.87. The lowest BCUT2D eigenvalue weighted by Crippen LogP contribution is -2.01. The molecule has 0 bridgehead atoms. The lowest BCUT2D eigenvalue weighted by molar-refractivity contribution is 0.686. The van der Waals surface area contributed by atoms with E-state index in [4.69, 9.17) is 0 Å². The molecule has 0 spiro atoms. The van der Waals surface area contributed by atoms with Crippen LogP contribution in [0.5, 0.6) is 0 Å². The van der Waals surface area contributed by atoms with Crippen molar-refractivity contribution in [2.45, 2.75) is 18.6 Å². The van der Waals surface area contributed by atoms with Crippen molar-refractivity contribution in [3.8, 4) is 11.5 Å². The highest BCUT2D eigenvalue weighted by atomic mass is 32.2. The summed E-state index contributed by atoms with van der Waals surface area (Å²) in [6, 6.07) is 10.3. The quantitative estimate of drug-likeness (QED) is 0.649. The van der Waals surface area contributed by atoms with Gasteiger partial charge in [0.05, 0.1) is 6.20 Å². The van der Waals surface area contributed by atoms with Gasteiger partial charge in [-0.25, -0.2) is 4.98 Å². The maximum atomic E-state index is 4.30. The van der Waals surface area contributed by atoms with Gasteiger partial charge in [0, 0.05) is 24.7 Å². The number of benzene rings is 1. The number of hydrogen-bond donors (Lipinski definition) is 0. The Bertz CT molecular complexity index is 768. The SMILES string of the molecule is CCn1c(SC/C=C/c2ccccc2)nnc1-c1cnccn1. The minimum Gasteiger partial charge on any atom is -0.301 e. The summed E-state index contributed by atoms with van der Waals surface area (Å²) >= 11 is 1.66. The molecule has 3 aromatic rings. The Morgan fingerprint density at radius 1 is 1.13 bits per heavy atom. The molecule has 3 rings (SSSR count). The lowest BCUT2D eigenvalue weighted by atomic mass is 10.2. The van der Waals surface area contributed by atoms with Crippen molar-refractivity contribution >= 4 is 17.8 Å². The van der Waals surface area contributed by atoms with E-state index in [-0.39, 0.29) is 0 Å². The van der Waals surface area contributed by atoms with Crippen LogP contribution in [0, 0.1) is 0 Å². The van der Waals surface area contributed by atoms with Gasteiger partial charge in [0.2, 0.25) is 0 Å². The van der Waals surface area contributed by atoms with Gasteiger partial charge in [-0.1, -0.05) is 54.2 Å². The monoisotopic (exact) mass is 323 g/mol. The summed E-state index contributed by atoms with van der Waals surface area (Å²) in [5.74, 6) is 1.60. The van der Waals surface area contributed by atoms with Crippen molar-refractivity contribution in [2.24, 2.45) is 0 Å². The largest absolute Gasteiger partial charge is 0.301 e. The van der Waals surface area contributed by atoms with Crippen LogP contribution < -0.4 is 0 Å². The van der Waals surface area contributed by atoms with Crippen LogP contribution in [0.3, 0.4) is 0 Å². The summed E-state index contributed by atoms with van der Waals surface area (Å²) in [6.07, 6.45) is 9.28. The van der Waals surface area contributed by atoms with Gasteiger partial charge in [-0.3, -0.25) is 4.98 Å². The van der Waals surface area contributed by atoms with Crippen molar-refractivity contribution in [2.75, 3.05) is 5.75 Å². The molecule has 0 amide bonds. The van der Waals surface area contributed by atoms with E-state index < -0.39 is 0 Å². The Morgan fingerprint density at radius 3 is 2.74 bits per heavy atom. The summed E-state index contributed by atoms with van der Waals surface area (Å²) in [5.41, 5.74) is 1.94. The molecule has 0 aliphatic heterocycles. The molecule has 0 aliphatic carbocycles. The first-order valence-corrected chi connectivity index (χ1v) is 8.41. The third-order valence-electron chi connectivity index (χ3n) is 3.24. The zero-order valence-electron chi connectivity index (χ0n) is 12.8. The average Bonchev–Trinajstić information content (AvgIpc) is 3.03. The van der Waals surface area contributed by atoms with E-state index in [1.165, 1.54) is 5.56 Å². The van der Waals surface area contributed by atoms with E-state index in [2.05, 4.69) is 55.9 Å². The predicted octanol–water partition coefficient (Wildman–Crippen LogP) is 3.56. The molecule has 0 atom stereocenters. The van der Waals surface area contributed by atoms with Crippen LogP contribution in [0.2, 0.25) is 0 Å². The van der Waals surface area contributed by atoms with Crippen molar-refractivity contribution in [1.29, 1.82) is 0 Å². The lowest BCUT2D eigenvalue weighted by Gasteiger charge is -2.05. The molecule has 0 saturated heterocycles. The van der Waals surface area contributed by atoms with Gasteiger partial charge in [0.1, 0.15) is 5.69 Å². The second-order valence-corrected chi connectivity index (χ2v) is 5.75. The highest BCUT2D eigenvalue weighted by Crippen LogP contribution is 2.22. The van der Waals surface area contributed by atoms with Gasteiger partial charge < -0.3 is 4.57 Å². The van der Waals surface area contributed by atoms with E-state index in [1.54, 1.807) is 30.4 Å². The number of aromatic nitrogens is 5. The van der Waals surface area contributed by atoms with Crippen LogP contribution in [-0.4, -0.2) is 30.5 Å². The Labute approximate surface area is 139 Å². The highest BCUT2D eigenvalue weighted by Gasteiger charge is 2.13. The van der Waals surface area contributed by atoms with Crippen LogP contribution in [-0.2, 0) is 6.54 Å². The smallest absolute Gasteiger partial charge is 0.191 e. The Balaban J connectivity index is 1.69. The number of thioether (sulfide) groups is 1. The molecule has 23 heavy (non-hydrogen) atoms. The van der Waals surface area contributed by atoms with Crippen LogP contribution >= 0.6 is 11.8 Å². The van der Waals surface area contributed by atoms with E-state index in [0.29, 0.717) is 0 Å². The van der Waals surface area contributed by atoms with Crippen LogP contribution in [0.15, 0.2) is 60.2 Å². The van der Waals surface area contributed by atoms with Gasteiger partial charge in [-0.2, -0.15) is 0 Å². The zero-order valence-corrected chi connectivity index (χ0v) is 13.6. The minimum absolute atomic E-state index is 0.744. The summed E-state index contributed by atoms with van der Waals surface area (Å²) < 4.78 is 2.06. The molecule has 0 aliphatic rings. The summed E-state index contributed by atoms with van der Waals surface area (Å²) in [4.78, 5) is 8.39. The Morgan fingerprint density at radius 2 is 2.00 bits per heavy atom. The van der Waals surface area contributed by atoms with Crippen molar-refractivity contribution in [3.05, 3.63) is 60.6 Å². The fourth-order valence-corrected chi connectivity index (χ4v) is 2.97. The maximum absolute atomic E-state index is 4.30. The second-order valence-electron chi connectivity index (χ2n) is 4.77. The van der Waals surface area contributed by atoms with Crippen molar-refractivity contribution in [3.63, 3.8) is 0 Å². The van der Waals surface area contributed by atoms with E-state index in [0.717, 1.165) is 29.0 Å². The normalized spacial score (nSPS) is 11.2. The Kier molecular flexibility index (Phi) is 5.16. The average molecular weight is 323 g/mol. The second kappa shape index (κ2) is 7.69. The first kappa shape index (κ1) is 15.4. The van der Waals surface area contributed by atoms with Gasteiger partial charge in [0.15, 0.2) is 11.0 Å². The molecule has 5 nitrogen and oxygen atoms in total. The molecule has 2 aromatic heterocycles. The fraction of sp³-hybridized carbons (Fsp3) is 0.176. The summed E-state index contributed by atoms with van der Waals surface area (Å²) in [7, 11) is 0. The number of rotatable bonds is 6. The third-order valence-corrected chi connectivity index (χ3v) is 4.16. The standard InChI is InChI=1S/C17H17N5S/c1-2-22-16(15-13-18-10-11-19-15)20-21-17(22)23-12-6-9-14-7-4-3-5-8-14/h3-11,13H,2,12H2,1H3/b9-6+. The molecular weight excluding hydrogens is 306 g/mol. The molecule has 0 saturated carbocycles. The zero-order chi connectivity index (χ0) is 15.9. The molecule has 6 heteroatoms. The molecule has 0 unspecified atom stereocenters. The van der Waals surface area contributed by atoms with Crippen LogP contribution in [0.1, 0.15) is 12.5 Å². The van der Waals surface area contributed by atoms with Gasteiger partial charge >= 0.3 is 0 Å². The molecule has 116 valence electrons. The van der Waals surface area contributed by atoms with Crippen molar-refractivity contribution in [1.82, 2.24) is 24.7 Å². The minimum atomic E-state index is 0.744. The first-order valence-electron chi connectivity index (χ1n) is 7.42. The summed E-state index contributed by atoms with van der Waals surface area (Å²) in [5, 5.41) is 9.44. The van der Waals surface area contributed by atoms with Crippen LogP contribution in [0.4, 0.5) is 0 Å². The first-order chi connectivity index (χ1) is 11.4. The number of nitrogens with zero attached hydrogens (tertiary/aromatic N) is 5. The molecule has 2 heterocycles. The predicted molar refractivity (Wildman–Crippen MR) is 92.9 cm³/mol. The van der Waals surface area contributed by atoms with Gasteiger partial charge in [0.25, 0.3) is 0 Å². The third kappa shape index (κ3) is 3.84. The van der Waals surface area contributed by atoms with Crippen LogP contribution in [0.25, 0.3) is 17.6 Å².